The highest BCUT2D eigenvalue weighted by molar-refractivity contribution is 6.28. The summed E-state index contributed by atoms with van der Waals surface area (Å²) in [7, 11) is 2.12. The molecule has 0 aliphatic rings. The summed E-state index contributed by atoms with van der Waals surface area (Å²) >= 11 is 0. The summed E-state index contributed by atoms with van der Waals surface area (Å²) in [5, 5.41) is 7.96. The van der Waals surface area contributed by atoms with Crippen molar-refractivity contribution < 1.29 is 4.57 Å². The summed E-state index contributed by atoms with van der Waals surface area (Å²) in [5.74, 6) is 0. The maximum atomic E-state index is 2.28. The lowest BCUT2D eigenvalue weighted by Gasteiger charge is -2.15. The van der Waals surface area contributed by atoms with Crippen molar-refractivity contribution in [2.45, 2.75) is 6.92 Å². The second-order valence-corrected chi connectivity index (χ2v) is 6.97. The largest absolute Gasteiger partial charge is 0.213 e. The van der Waals surface area contributed by atoms with Gasteiger partial charge in [-0.1, -0.05) is 60.7 Å². The van der Waals surface area contributed by atoms with Gasteiger partial charge in [-0.15, -0.1) is 0 Å². The molecule has 1 heterocycles. The van der Waals surface area contributed by atoms with E-state index in [2.05, 4.69) is 104 Å². The number of hydrogen-bond donors (Lipinski definition) is 0. The lowest BCUT2D eigenvalue weighted by atomic mass is 9.88. The van der Waals surface area contributed by atoms with Gasteiger partial charge in [0, 0.05) is 17.5 Å². The summed E-state index contributed by atoms with van der Waals surface area (Å²) in [5.41, 5.74) is 3.88. The maximum absolute atomic E-state index is 2.28. The molecule has 5 rings (SSSR count). The van der Waals surface area contributed by atoms with Crippen LogP contribution in [0.25, 0.3) is 43.6 Å². The minimum Gasteiger partial charge on any atom is -0.201 e. The van der Waals surface area contributed by atoms with Gasteiger partial charge in [-0.2, -0.15) is 0 Å². The first kappa shape index (κ1) is 15.1. The van der Waals surface area contributed by atoms with Gasteiger partial charge in [-0.05, 0) is 45.5 Å². The van der Waals surface area contributed by atoms with Crippen molar-refractivity contribution in [1.82, 2.24) is 0 Å². The quantitative estimate of drug-likeness (QED) is 0.263. The molecule has 26 heavy (non-hydrogen) atoms. The molecular weight excluding hydrogens is 314 g/mol. The van der Waals surface area contributed by atoms with E-state index in [1.807, 2.05) is 0 Å². The van der Waals surface area contributed by atoms with Crippen molar-refractivity contribution in [1.29, 1.82) is 0 Å². The van der Waals surface area contributed by atoms with E-state index in [0.29, 0.717) is 0 Å². The summed E-state index contributed by atoms with van der Waals surface area (Å²) in [6.07, 6.45) is 2.12. The fraction of sp³-hybridized carbons (Fsp3) is 0.0800. The van der Waals surface area contributed by atoms with Gasteiger partial charge in [0.15, 0.2) is 6.20 Å². The van der Waals surface area contributed by atoms with Gasteiger partial charge in [0.25, 0.3) is 0 Å². The first-order chi connectivity index (χ1) is 12.8. The smallest absolute Gasteiger partial charge is 0.201 e. The predicted molar refractivity (Wildman–Crippen MR) is 110 cm³/mol. The highest BCUT2D eigenvalue weighted by Crippen LogP contribution is 2.40. The van der Waals surface area contributed by atoms with Crippen LogP contribution in [0.15, 0.2) is 85.1 Å². The molecule has 0 N–H and O–H groups in total. The number of nitrogens with zero attached hydrogens (tertiary/aromatic N) is 1. The van der Waals surface area contributed by atoms with Gasteiger partial charge in [0.2, 0.25) is 5.69 Å². The monoisotopic (exact) mass is 334 g/mol. The highest BCUT2D eigenvalue weighted by atomic mass is 14.9. The van der Waals surface area contributed by atoms with E-state index in [1.54, 1.807) is 0 Å². The van der Waals surface area contributed by atoms with Crippen LogP contribution >= 0.6 is 0 Å². The Kier molecular flexibility index (Phi) is 3.29. The van der Waals surface area contributed by atoms with Gasteiger partial charge in [-0.3, -0.25) is 0 Å². The van der Waals surface area contributed by atoms with Crippen LogP contribution in [-0.4, -0.2) is 0 Å². The molecule has 0 saturated carbocycles. The average Bonchev–Trinajstić information content (AvgIpc) is 2.69. The van der Waals surface area contributed by atoms with Crippen molar-refractivity contribution in [3.8, 4) is 11.3 Å². The fourth-order valence-electron chi connectivity index (χ4n) is 4.21. The molecule has 5 aromatic rings. The Morgan fingerprint density at radius 3 is 1.77 bits per heavy atom. The van der Waals surface area contributed by atoms with Gasteiger partial charge in [-0.25, -0.2) is 4.57 Å². The van der Waals surface area contributed by atoms with Gasteiger partial charge in [0.05, 0.1) is 5.56 Å². The number of pyridine rings is 1. The van der Waals surface area contributed by atoms with Crippen molar-refractivity contribution in [2.24, 2.45) is 7.05 Å². The number of hydrogen-bond acceptors (Lipinski definition) is 0. The summed E-state index contributed by atoms with van der Waals surface area (Å²) in [6, 6.07) is 28.5. The lowest BCUT2D eigenvalue weighted by Crippen LogP contribution is -2.30. The molecule has 0 aliphatic carbocycles. The Morgan fingerprint density at radius 1 is 0.577 bits per heavy atom. The normalized spacial score (nSPS) is 11.5. The molecule has 0 bridgehead atoms. The predicted octanol–water partition coefficient (Wildman–Crippen LogP) is 5.95. The molecule has 0 fully saturated rings. The zero-order valence-electron chi connectivity index (χ0n) is 15.0. The third-order valence-corrected chi connectivity index (χ3v) is 5.43. The summed E-state index contributed by atoms with van der Waals surface area (Å²) < 4.78 is 2.21. The molecule has 1 aromatic heterocycles. The first-order valence-corrected chi connectivity index (χ1v) is 9.03. The Labute approximate surface area is 153 Å². The molecule has 0 aliphatic heterocycles. The Morgan fingerprint density at radius 2 is 1.12 bits per heavy atom. The molecule has 0 saturated heterocycles. The van der Waals surface area contributed by atoms with Crippen molar-refractivity contribution in [2.75, 3.05) is 0 Å². The van der Waals surface area contributed by atoms with Gasteiger partial charge in [0.1, 0.15) is 7.05 Å². The highest BCUT2D eigenvalue weighted by Gasteiger charge is 2.19. The van der Waals surface area contributed by atoms with E-state index in [-0.39, 0.29) is 0 Å². The summed E-state index contributed by atoms with van der Waals surface area (Å²) in [4.78, 5) is 0. The van der Waals surface area contributed by atoms with Crippen LogP contribution in [-0.2, 0) is 7.05 Å². The zero-order chi connectivity index (χ0) is 17.7. The van der Waals surface area contributed by atoms with Gasteiger partial charge >= 0.3 is 0 Å². The second kappa shape index (κ2) is 5.67. The van der Waals surface area contributed by atoms with Crippen LogP contribution in [0.1, 0.15) is 5.56 Å². The van der Waals surface area contributed by atoms with E-state index in [0.717, 1.165) is 0 Å². The number of fused-ring (bicyclic) bond motifs is 6. The summed E-state index contributed by atoms with van der Waals surface area (Å²) in [6.45, 7) is 2.21. The minimum absolute atomic E-state index is 1.25. The Hall–Kier alpha value is -3.19. The van der Waals surface area contributed by atoms with Crippen LogP contribution in [0, 0.1) is 6.92 Å². The fourth-order valence-corrected chi connectivity index (χ4v) is 4.21. The second-order valence-electron chi connectivity index (χ2n) is 6.97. The Balaban J connectivity index is 2.12. The maximum Gasteiger partial charge on any atom is 0.213 e. The Bertz CT molecular complexity index is 1260. The number of aryl methyl sites for hydroxylation is 2. The molecule has 0 radical (unpaired) electrons. The van der Waals surface area contributed by atoms with Crippen LogP contribution in [0.4, 0.5) is 0 Å². The third kappa shape index (κ3) is 2.07. The van der Waals surface area contributed by atoms with Crippen LogP contribution in [0.5, 0.6) is 0 Å². The third-order valence-electron chi connectivity index (χ3n) is 5.43. The lowest BCUT2D eigenvalue weighted by molar-refractivity contribution is -0.660. The molecule has 0 amide bonds. The average molecular weight is 334 g/mol. The number of rotatable bonds is 1. The van der Waals surface area contributed by atoms with Crippen molar-refractivity contribution >= 4 is 32.3 Å². The minimum atomic E-state index is 1.25. The zero-order valence-corrected chi connectivity index (χ0v) is 15.0. The van der Waals surface area contributed by atoms with Crippen LogP contribution in [0.3, 0.4) is 0 Å². The van der Waals surface area contributed by atoms with E-state index in [4.69, 9.17) is 0 Å². The number of aromatic nitrogens is 1. The molecule has 1 nitrogen and oxygen atoms in total. The van der Waals surface area contributed by atoms with Crippen molar-refractivity contribution in [3.63, 3.8) is 0 Å². The topological polar surface area (TPSA) is 3.88 Å². The molecule has 0 atom stereocenters. The molecule has 0 unspecified atom stereocenters. The van der Waals surface area contributed by atoms with Crippen molar-refractivity contribution in [3.05, 3.63) is 90.6 Å². The van der Waals surface area contributed by atoms with E-state index in [1.165, 1.54) is 49.1 Å². The van der Waals surface area contributed by atoms with Crippen LogP contribution in [0.2, 0.25) is 0 Å². The van der Waals surface area contributed by atoms with E-state index in [9.17, 15) is 0 Å². The standard InChI is InChI=1S/C25H20N/c1-17-14-15-22-20-11-4-3-9-18(20)19-10-5-6-12-21(19)25(22)24(17)23-13-7-8-16-26(23)2/h3-16H,1-2H3/q+1. The molecule has 4 aromatic carbocycles. The molecular formula is C25H20N+. The van der Waals surface area contributed by atoms with Gasteiger partial charge < -0.3 is 0 Å². The molecule has 0 spiro atoms. The van der Waals surface area contributed by atoms with E-state index >= 15 is 0 Å². The first-order valence-electron chi connectivity index (χ1n) is 9.03. The number of benzene rings is 4. The molecule has 124 valence electrons. The SMILES string of the molecule is Cc1ccc2c3ccccc3c3ccccc3c2c1-c1cccc[n+]1C. The van der Waals surface area contributed by atoms with E-state index < -0.39 is 0 Å². The molecule has 1 heteroatoms. The van der Waals surface area contributed by atoms with Crippen LogP contribution < -0.4 is 4.57 Å².